The van der Waals surface area contributed by atoms with Crippen molar-refractivity contribution >= 4 is 0 Å². The van der Waals surface area contributed by atoms with E-state index in [1.165, 1.54) is 0 Å². The molecule has 1 unspecified atom stereocenters. The molecule has 0 amide bonds. The van der Waals surface area contributed by atoms with Crippen molar-refractivity contribution in [3.8, 4) is 5.75 Å². The van der Waals surface area contributed by atoms with Gasteiger partial charge in [-0.2, -0.15) is 0 Å². The summed E-state index contributed by atoms with van der Waals surface area (Å²) in [5, 5.41) is 9.73. The third-order valence-electron chi connectivity index (χ3n) is 2.64. The van der Waals surface area contributed by atoms with Gasteiger partial charge in [-0.3, -0.25) is 0 Å². The van der Waals surface area contributed by atoms with Crippen LogP contribution in [0.15, 0.2) is 18.2 Å². The highest BCUT2D eigenvalue weighted by atomic mass is 16.3. The van der Waals surface area contributed by atoms with Crippen molar-refractivity contribution in [2.24, 2.45) is 5.73 Å². The van der Waals surface area contributed by atoms with Crippen LogP contribution >= 0.6 is 0 Å². The monoisotopic (exact) mass is 193 g/mol. The largest absolute Gasteiger partial charge is 0.508 e. The quantitative estimate of drug-likeness (QED) is 0.772. The maximum atomic E-state index is 9.73. The zero-order valence-corrected chi connectivity index (χ0v) is 8.96. The summed E-state index contributed by atoms with van der Waals surface area (Å²) in [5.74, 6) is 0.800. The predicted molar refractivity (Wildman–Crippen MR) is 59.5 cm³/mol. The lowest BCUT2D eigenvalue weighted by molar-refractivity contribution is 0.458. The van der Waals surface area contributed by atoms with E-state index in [2.05, 4.69) is 6.92 Å². The molecule has 2 nitrogen and oxygen atoms in total. The molecule has 1 aromatic carbocycles. The summed E-state index contributed by atoms with van der Waals surface area (Å²) >= 11 is 0. The minimum Gasteiger partial charge on any atom is -0.508 e. The van der Waals surface area contributed by atoms with Crippen molar-refractivity contribution in [2.75, 3.05) is 6.54 Å². The fourth-order valence-electron chi connectivity index (χ4n) is 1.87. The van der Waals surface area contributed by atoms with Gasteiger partial charge in [0.05, 0.1) is 0 Å². The summed E-state index contributed by atoms with van der Waals surface area (Å²) in [7, 11) is 0. The van der Waals surface area contributed by atoms with E-state index >= 15 is 0 Å². The van der Waals surface area contributed by atoms with Gasteiger partial charge in [0.15, 0.2) is 0 Å². The first-order chi connectivity index (χ1) is 6.66. The second kappa shape index (κ2) is 5.01. The SMILES string of the molecule is Cc1cccc(O)c1C(C)CCCN. The molecule has 0 radical (unpaired) electrons. The topological polar surface area (TPSA) is 46.2 Å². The van der Waals surface area contributed by atoms with E-state index in [-0.39, 0.29) is 0 Å². The Hall–Kier alpha value is -1.02. The van der Waals surface area contributed by atoms with Gasteiger partial charge in [-0.1, -0.05) is 19.1 Å². The standard InChI is InChI=1S/C12H19NO/c1-9-5-3-7-11(14)12(9)10(2)6-4-8-13/h3,5,7,10,14H,4,6,8,13H2,1-2H3. The van der Waals surface area contributed by atoms with Crippen molar-refractivity contribution in [1.82, 2.24) is 0 Å². The maximum Gasteiger partial charge on any atom is 0.119 e. The molecule has 0 fully saturated rings. The molecule has 78 valence electrons. The Balaban J connectivity index is 2.82. The lowest BCUT2D eigenvalue weighted by Crippen LogP contribution is -2.03. The highest BCUT2D eigenvalue weighted by molar-refractivity contribution is 5.40. The van der Waals surface area contributed by atoms with Crippen LogP contribution in [0.25, 0.3) is 0 Å². The van der Waals surface area contributed by atoms with Crippen LogP contribution in [0.2, 0.25) is 0 Å². The fraction of sp³-hybridized carbons (Fsp3) is 0.500. The van der Waals surface area contributed by atoms with Gasteiger partial charge in [0, 0.05) is 0 Å². The van der Waals surface area contributed by atoms with Crippen molar-refractivity contribution in [1.29, 1.82) is 0 Å². The third kappa shape index (κ3) is 2.48. The molecule has 2 heteroatoms. The third-order valence-corrected chi connectivity index (χ3v) is 2.64. The zero-order valence-electron chi connectivity index (χ0n) is 8.96. The Kier molecular flexibility index (Phi) is 3.96. The second-order valence-corrected chi connectivity index (χ2v) is 3.84. The molecule has 0 bridgehead atoms. The molecule has 1 rings (SSSR count). The van der Waals surface area contributed by atoms with E-state index in [4.69, 9.17) is 5.73 Å². The molecule has 0 aliphatic carbocycles. The Morgan fingerprint density at radius 3 is 2.71 bits per heavy atom. The van der Waals surface area contributed by atoms with E-state index in [9.17, 15) is 5.11 Å². The van der Waals surface area contributed by atoms with Crippen LogP contribution < -0.4 is 5.73 Å². The first-order valence-corrected chi connectivity index (χ1v) is 5.15. The van der Waals surface area contributed by atoms with Crippen LogP contribution in [0.3, 0.4) is 0 Å². The number of hydrogen-bond donors (Lipinski definition) is 2. The van der Waals surface area contributed by atoms with E-state index in [1.807, 2.05) is 19.1 Å². The van der Waals surface area contributed by atoms with Gasteiger partial charge in [-0.05, 0) is 49.4 Å². The molecule has 1 atom stereocenters. The number of phenolic OH excluding ortho intramolecular Hbond substituents is 1. The number of aryl methyl sites for hydroxylation is 1. The molecule has 3 N–H and O–H groups in total. The van der Waals surface area contributed by atoms with E-state index in [0.29, 0.717) is 11.7 Å². The first-order valence-electron chi connectivity index (χ1n) is 5.15. The van der Waals surface area contributed by atoms with Crippen LogP contribution in [-0.4, -0.2) is 11.7 Å². The summed E-state index contributed by atoms with van der Waals surface area (Å²) in [6.45, 7) is 4.89. The molecule has 14 heavy (non-hydrogen) atoms. The van der Waals surface area contributed by atoms with E-state index in [1.54, 1.807) is 6.07 Å². The Labute approximate surface area is 85.8 Å². The minimum atomic E-state index is 0.389. The van der Waals surface area contributed by atoms with Crippen LogP contribution in [0.4, 0.5) is 0 Å². The molecule has 1 aromatic rings. The number of benzene rings is 1. The molecular formula is C12H19NO. The number of nitrogens with two attached hydrogens (primary N) is 1. The van der Waals surface area contributed by atoms with Crippen LogP contribution in [0, 0.1) is 6.92 Å². The normalized spacial score (nSPS) is 12.8. The zero-order chi connectivity index (χ0) is 10.6. The van der Waals surface area contributed by atoms with Crippen molar-refractivity contribution < 1.29 is 5.11 Å². The Morgan fingerprint density at radius 2 is 2.14 bits per heavy atom. The molecule has 0 aromatic heterocycles. The molecule has 0 heterocycles. The highest BCUT2D eigenvalue weighted by Gasteiger charge is 2.11. The number of rotatable bonds is 4. The van der Waals surface area contributed by atoms with Gasteiger partial charge in [-0.15, -0.1) is 0 Å². The highest BCUT2D eigenvalue weighted by Crippen LogP contribution is 2.31. The lowest BCUT2D eigenvalue weighted by Gasteiger charge is -2.15. The summed E-state index contributed by atoms with van der Waals surface area (Å²) in [6.07, 6.45) is 2.05. The number of phenols is 1. The smallest absolute Gasteiger partial charge is 0.119 e. The van der Waals surface area contributed by atoms with Crippen LogP contribution in [0.5, 0.6) is 5.75 Å². The molecule has 0 spiro atoms. The average molecular weight is 193 g/mol. The molecule has 0 aliphatic heterocycles. The van der Waals surface area contributed by atoms with Gasteiger partial charge < -0.3 is 10.8 Å². The predicted octanol–water partition coefficient (Wildman–Crippen LogP) is 2.54. The van der Waals surface area contributed by atoms with Gasteiger partial charge in [-0.25, -0.2) is 0 Å². The van der Waals surface area contributed by atoms with Crippen LogP contribution in [0.1, 0.15) is 36.8 Å². The van der Waals surface area contributed by atoms with Crippen molar-refractivity contribution in [3.05, 3.63) is 29.3 Å². The second-order valence-electron chi connectivity index (χ2n) is 3.84. The molecule has 0 saturated heterocycles. The van der Waals surface area contributed by atoms with Gasteiger partial charge in [0.2, 0.25) is 0 Å². The maximum absolute atomic E-state index is 9.73. The number of aromatic hydroxyl groups is 1. The van der Waals surface area contributed by atoms with Crippen LogP contribution in [-0.2, 0) is 0 Å². The van der Waals surface area contributed by atoms with E-state index in [0.717, 1.165) is 30.5 Å². The molecule has 0 aliphatic rings. The summed E-state index contributed by atoms with van der Waals surface area (Å²) in [6, 6.07) is 5.67. The first kappa shape index (κ1) is 11.1. The molecular weight excluding hydrogens is 174 g/mol. The summed E-state index contributed by atoms with van der Waals surface area (Å²) in [5.41, 5.74) is 7.70. The fourth-order valence-corrected chi connectivity index (χ4v) is 1.87. The summed E-state index contributed by atoms with van der Waals surface area (Å²) in [4.78, 5) is 0. The minimum absolute atomic E-state index is 0.389. The average Bonchev–Trinajstić information content (AvgIpc) is 2.14. The van der Waals surface area contributed by atoms with E-state index < -0.39 is 0 Å². The summed E-state index contributed by atoms with van der Waals surface area (Å²) < 4.78 is 0. The lowest BCUT2D eigenvalue weighted by atomic mass is 9.92. The van der Waals surface area contributed by atoms with Gasteiger partial charge in [0.1, 0.15) is 5.75 Å². The van der Waals surface area contributed by atoms with Crippen molar-refractivity contribution in [2.45, 2.75) is 32.6 Å². The number of hydrogen-bond acceptors (Lipinski definition) is 2. The van der Waals surface area contributed by atoms with Crippen molar-refractivity contribution in [3.63, 3.8) is 0 Å². The Morgan fingerprint density at radius 1 is 1.43 bits per heavy atom. The van der Waals surface area contributed by atoms with Gasteiger partial charge >= 0.3 is 0 Å². The Bertz CT molecular complexity index is 276. The molecule has 0 saturated carbocycles. The van der Waals surface area contributed by atoms with Gasteiger partial charge in [0.25, 0.3) is 0 Å².